The van der Waals surface area contributed by atoms with Crippen LogP contribution in [0.1, 0.15) is 38.3 Å². The lowest BCUT2D eigenvalue weighted by Crippen LogP contribution is -2.43. The van der Waals surface area contributed by atoms with Gasteiger partial charge < -0.3 is 25.3 Å². The van der Waals surface area contributed by atoms with Crippen molar-refractivity contribution in [3.05, 3.63) is 71.8 Å². The van der Waals surface area contributed by atoms with E-state index in [1.54, 1.807) is 81.4 Å². The maximum Gasteiger partial charge on any atom is 0.414 e. The van der Waals surface area contributed by atoms with Crippen LogP contribution in [0.2, 0.25) is 0 Å². The highest BCUT2D eigenvalue weighted by Gasteiger charge is 2.26. The van der Waals surface area contributed by atoms with E-state index in [0.29, 0.717) is 5.56 Å². The molecule has 0 heterocycles. The van der Waals surface area contributed by atoms with Gasteiger partial charge in [0.1, 0.15) is 24.9 Å². The lowest BCUT2D eigenvalue weighted by Gasteiger charge is -2.19. The van der Waals surface area contributed by atoms with E-state index in [9.17, 15) is 22.8 Å². The Morgan fingerprint density at radius 3 is 1.95 bits per heavy atom. The molecule has 2 rings (SSSR count). The number of esters is 1. The SMILES string of the molecule is CC(C)(C)OC(=O)N/C(N)=N/S(=O)(=O)CC[C@H](NC(=O)OCc1ccccc1)C(=O)OCc1ccccc1. The first-order chi connectivity index (χ1) is 17.8. The number of hydrogen-bond acceptors (Lipinski definition) is 8. The molecular weight excluding hydrogens is 516 g/mol. The third-order valence-corrected chi connectivity index (χ3v) is 5.77. The lowest BCUT2D eigenvalue weighted by atomic mass is 10.2. The Morgan fingerprint density at radius 2 is 1.42 bits per heavy atom. The molecule has 2 amide bonds. The highest BCUT2D eigenvalue weighted by molar-refractivity contribution is 7.90. The highest BCUT2D eigenvalue weighted by atomic mass is 32.2. The predicted molar refractivity (Wildman–Crippen MR) is 139 cm³/mol. The van der Waals surface area contributed by atoms with Crippen molar-refractivity contribution in [3.8, 4) is 0 Å². The zero-order chi connectivity index (χ0) is 28.2. The Labute approximate surface area is 221 Å². The van der Waals surface area contributed by atoms with Crippen molar-refractivity contribution in [2.75, 3.05) is 5.75 Å². The number of alkyl carbamates (subject to hydrolysis) is 2. The Kier molecular flexibility index (Phi) is 11.1. The van der Waals surface area contributed by atoms with Crippen LogP contribution < -0.4 is 16.4 Å². The van der Waals surface area contributed by atoms with Crippen LogP contribution in [0, 0.1) is 0 Å². The van der Waals surface area contributed by atoms with Crippen molar-refractivity contribution in [2.45, 2.75) is 52.0 Å². The molecule has 2 aromatic rings. The normalized spacial score (nSPS) is 12.7. The number of benzene rings is 2. The topological polar surface area (TPSA) is 175 Å². The first-order valence-corrected chi connectivity index (χ1v) is 13.2. The molecule has 0 saturated carbocycles. The second-order valence-corrected chi connectivity index (χ2v) is 10.8. The summed E-state index contributed by atoms with van der Waals surface area (Å²) in [5, 5.41) is 4.35. The quantitative estimate of drug-likeness (QED) is 0.174. The van der Waals surface area contributed by atoms with Crippen molar-refractivity contribution in [1.82, 2.24) is 10.6 Å². The van der Waals surface area contributed by atoms with Crippen LogP contribution in [0.25, 0.3) is 0 Å². The van der Waals surface area contributed by atoms with Crippen molar-refractivity contribution in [1.29, 1.82) is 0 Å². The molecule has 4 N–H and O–H groups in total. The molecule has 0 aromatic heterocycles. The first kappa shape index (κ1) is 30.1. The minimum Gasteiger partial charge on any atom is -0.459 e. The van der Waals surface area contributed by atoms with Gasteiger partial charge in [-0.05, 0) is 38.3 Å². The molecule has 1 atom stereocenters. The maximum absolute atomic E-state index is 12.7. The summed E-state index contributed by atoms with van der Waals surface area (Å²) in [5.41, 5.74) is 6.09. The van der Waals surface area contributed by atoms with E-state index in [4.69, 9.17) is 19.9 Å². The molecule has 12 nitrogen and oxygen atoms in total. The molecule has 0 aliphatic heterocycles. The number of nitrogens with zero attached hydrogens (tertiary/aromatic N) is 1. The zero-order valence-electron chi connectivity index (χ0n) is 21.4. The van der Waals surface area contributed by atoms with Crippen LogP contribution in [0.15, 0.2) is 65.1 Å². The van der Waals surface area contributed by atoms with Crippen molar-refractivity contribution in [3.63, 3.8) is 0 Å². The van der Waals surface area contributed by atoms with Crippen LogP contribution in [0.5, 0.6) is 0 Å². The molecule has 0 fully saturated rings. The Morgan fingerprint density at radius 1 is 0.895 bits per heavy atom. The first-order valence-electron chi connectivity index (χ1n) is 11.6. The molecule has 2 aromatic carbocycles. The monoisotopic (exact) mass is 548 g/mol. The second-order valence-electron chi connectivity index (χ2n) is 9.03. The Hall–Kier alpha value is -4.13. The standard InChI is InChI=1S/C25H32N4O8S/c1-25(2,3)37-24(32)28-22(26)29-38(33,34)15-14-20(21(30)35-16-18-10-6-4-7-11-18)27-23(31)36-17-19-12-8-5-9-13-19/h4-13,20H,14-17H2,1-3H3,(H,27,31)(H3,26,28,29,32)/t20-/m0/s1. The molecule has 0 saturated heterocycles. The summed E-state index contributed by atoms with van der Waals surface area (Å²) in [6, 6.07) is 16.3. The van der Waals surface area contributed by atoms with Gasteiger partial charge in [-0.1, -0.05) is 60.7 Å². The molecule has 0 bridgehead atoms. The molecule has 38 heavy (non-hydrogen) atoms. The van der Waals surface area contributed by atoms with E-state index >= 15 is 0 Å². The van der Waals surface area contributed by atoms with Crippen LogP contribution in [-0.4, -0.2) is 49.9 Å². The maximum atomic E-state index is 12.7. The lowest BCUT2D eigenvalue weighted by molar-refractivity contribution is -0.147. The summed E-state index contributed by atoms with van der Waals surface area (Å²) < 4.78 is 43.6. The summed E-state index contributed by atoms with van der Waals surface area (Å²) in [7, 11) is -4.26. The molecule has 13 heteroatoms. The molecule has 0 unspecified atom stereocenters. The minimum absolute atomic E-state index is 0.0616. The van der Waals surface area contributed by atoms with Gasteiger partial charge in [0.15, 0.2) is 0 Å². The van der Waals surface area contributed by atoms with Crippen LogP contribution in [-0.2, 0) is 42.2 Å². The predicted octanol–water partition coefficient (Wildman–Crippen LogP) is 2.58. The number of hydrogen-bond donors (Lipinski definition) is 3. The average Bonchev–Trinajstić information content (AvgIpc) is 2.83. The summed E-state index contributed by atoms with van der Waals surface area (Å²) in [6.07, 6.45) is -2.33. The minimum atomic E-state index is -4.26. The van der Waals surface area contributed by atoms with Gasteiger partial charge in [0.05, 0.1) is 5.75 Å². The van der Waals surface area contributed by atoms with E-state index in [0.717, 1.165) is 5.56 Å². The Bertz CT molecular complexity index is 1210. The van der Waals surface area contributed by atoms with E-state index in [2.05, 4.69) is 9.71 Å². The number of nitrogens with one attached hydrogen (secondary N) is 2. The number of sulfonamides is 1. The van der Waals surface area contributed by atoms with Gasteiger partial charge in [-0.15, -0.1) is 4.40 Å². The largest absolute Gasteiger partial charge is 0.459 e. The smallest absolute Gasteiger partial charge is 0.414 e. The number of rotatable bonds is 10. The third-order valence-electron chi connectivity index (χ3n) is 4.54. The molecule has 206 valence electrons. The number of nitrogens with two attached hydrogens (primary N) is 1. The van der Waals surface area contributed by atoms with Gasteiger partial charge in [0, 0.05) is 0 Å². The van der Waals surface area contributed by atoms with Gasteiger partial charge in [-0.2, -0.15) is 0 Å². The van der Waals surface area contributed by atoms with E-state index < -0.39 is 58.0 Å². The fraction of sp³-hybridized carbons (Fsp3) is 0.360. The average molecular weight is 549 g/mol. The van der Waals surface area contributed by atoms with E-state index in [1.807, 2.05) is 5.32 Å². The van der Waals surface area contributed by atoms with Crippen molar-refractivity contribution in [2.24, 2.45) is 10.1 Å². The molecular formula is C25H32N4O8S. The summed E-state index contributed by atoms with van der Waals surface area (Å²) >= 11 is 0. The number of amides is 2. The summed E-state index contributed by atoms with van der Waals surface area (Å²) in [5.74, 6) is -2.28. The highest BCUT2D eigenvalue weighted by Crippen LogP contribution is 2.09. The van der Waals surface area contributed by atoms with E-state index in [1.165, 1.54) is 0 Å². The van der Waals surface area contributed by atoms with Gasteiger partial charge >= 0.3 is 18.2 Å². The molecule has 0 aliphatic rings. The van der Waals surface area contributed by atoms with Crippen molar-refractivity contribution >= 4 is 34.1 Å². The molecule has 0 spiro atoms. The summed E-state index contributed by atoms with van der Waals surface area (Å²) in [4.78, 5) is 36.8. The fourth-order valence-corrected chi connectivity index (χ4v) is 3.85. The molecule has 0 aliphatic carbocycles. The summed E-state index contributed by atoms with van der Waals surface area (Å²) in [6.45, 7) is 4.70. The zero-order valence-corrected chi connectivity index (χ0v) is 22.2. The number of guanidine groups is 1. The van der Waals surface area contributed by atoms with Crippen LogP contribution in [0.4, 0.5) is 9.59 Å². The molecule has 0 radical (unpaired) electrons. The number of carbonyl (C=O) groups excluding carboxylic acids is 3. The van der Waals surface area contributed by atoms with Gasteiger partial charge in [0.2, 0.25) is 5.96 Å². The van der Waals surface area contributed by atoms with Crippen molar-refractivity contribution < 1.29 is 37.0 Å². The van der Waals surface area contributed by atoms with E-state index in [-0.39, 0.29) is 13.2 Å². The van der Waals surface area contributed by atoms with Gasteiger partial charge in [-0.3, -0.25) is 5.32 Å². The Balaban J connectivity index is 2.03. The van der Waals surface area contributed by atoms with Gasteiger partial charge in [0.25, 0.3) is 10.0 Å². The number of ether oxygens (including phenoxy) is 3. The van der Waals surface area contributed by atoms with Crippen LogP contribution >= 0.6 is 0 Å². The number of carbonyl (C=O) groups is 3. The van der Waals surface area contributed by atoms with Gasteiger partial charge in [-0.25, -0.2) is 22.8 Å². The van der Waals surface area contributed by atoms with Crippen LogP contribution in [0.3, 0.4) is 0 Å². The fourth-order valence-electron chi connectivity index (χ4n) is 2.88. The third kappa shape index (κ3) is 12.2. The second kappa shape index (κ2) is 14.0.